The third-order valence-corrected chi connectivity index (χ3v) is 7.58. The summed E-state index contributed by atoms with van der Waals surface area (Å²) in [6.07, 6.45) is -1.02. The van der Waals surface area contributed by atoms with Crippen molar-refractivity contribution in [1.82, 2.24) is 9.88 Å². The van der Waals surface area contributed by atoms with E-state index < -0.39 is 17.8 Å². The highest BCUT2D eigenvalue weighted by molar-refractivity contribution is 6.09. The average Bonchev–Trinajstić information content (AvgIpc) is 2.95. The predicted molar refractivity (Wildman–Crippen MR) is 150 cm³/mol. The first-order valence-corrected chi connectivity index (χ1v) is 13.7. The summed E-state index contributed by atoms with van der Waals surface area (Å²) in [6, 6.07) is 16.3. The van der Waals surface area contributed by atoms with Gasteiger partial charge in [0, 0.05) is 43.0 Å². The Kier molecular flexibility index (Phi) is 8.39. The molecule has 10 heteroatoms. The van der Waals surface area contributed by atoms with E-state index in [2.05, 4.69) is 20.5 Å². The van der Waals surface area contributed by atoms with Crippen molar-refractivity contribution in [3.05, 3.63) is 94.2 Å². The molecule has 7 nitrogen and oxygen atoms in total. The Morgan fingerprint density at radius 2 is 1.71 bits per heavy atom. The van der Waals surface area contributed by atoms with Crippen LogP contribution in [0.1, 0.15) is 53.6 Å². The van der Waals surface area contributed by atoms with Crippen LogP contribution in [-0.2, 0) is 30.4 Å². The molecule has 2 amide bonds. The molecule has 3 N–H and O–H groups in total. The van der Waals surface area contributed by atoms with Crippen LogP contribution >= 0.6 is 0 Å². The summed E-state index contributed by atoms with van der Waals surface area (Å²) in [7, 11) is 0. The predicted octanol–water partition coefficient (Wildman–Crippen LogP) is 6.76. The molecule has 5 rings (SSSR count). The van der Waals surface area contributed by atoms with Gasteiger partial charge < -0.3 is 10.4 Å². The highest BCUT2D eigenvalue weighted by Crippen LogP contribution is 2.35. The number of benzene rings is 2. The number of nitrogens with one attached hydrogen (secondary N) is 2. The number of nitrogens with zero attached hydrogens (tertiary/aromatic N) is 2. The lowest BCUT2D eigenvalue weighted by Crippen LogP contribution is -2.32. The van der Waals surface area contributed by atoms with Crippen LogP contribution < -0.4 is 10.6 Å². The highest BCUT2D eigenvalue weighted by Gasteiger charge is 2.30. The molecule has 1 aromatic heterocycles. The Morgan fingerprint density at radius 3 is 2.46 bits per heavy atom. The molecule has 41 heavy (non-hydrogen) atoms. The van der Waals surface area contributed by atoms with Gasteiger partial charge in [0.2, 0.25) is 0 Å². The number of carbonyl (C=O) groups excluding carboxylic acids is 1. The van der Waals surface area contributed by atoms with Crippen LogP contribution in [-0.4, -0.2) is 40.1 Å². The normalized spacial score (nSPS) is 15.8. The molecule has 214 valence electrons. The first kappa shape index (κ1) is 28.4. The van der Waals surface area contributed by atoms with Crippen LogP contribution in [0.2, 0.25) is 0 Å². The molecule has 1 aliphatic carbocycles. The monoisotopic (exact) mass is 564 g/mol. The molecule has 0 atom stereocenters. The van der Waals surface area contributed by atoms with Gasteiger partial charge in [-0.05, 0) is 90.8 Å². The van der Waals surface area contributed by atoms with Crippen molar-refractivity contribution < 1.29 is 27.9 Å². The minimum atomic E-state index is -4.40. The number of pyridine rings is 1. The Balaban J connectivity index is 1.22. The Labute approximate surface area is 236 Å². The van der Waals surface area contributed by atoms with E-state index in [1.165, 1.54) is 23.3 Å². The van der Waals surface area contributed by atoms with Gasteiger partial charge in [0.1, 0.15) is 5.82 Å². The third kappa shape index (κ3) is 7.13. The standard InChI is InChI=1S/C31H31F3N4O3/c32-31(33,34)23-11-8-20(9-12-23)26-5-1-2-6-27(26)29(39)36-25-13-10-22-19-38(16-14-21(22)18-25)17-15-24-4-3-7-28(35-24)37-30(40)41/h3-4,7-13,18H,1-2,5-6,14-17,19H2,(H,35,37)(H,36,39)(H,40,41). The zero-order valence-corrected chi connectivity index (χ0v) is 22.4. The van der Waals surface area contributed by atoms with E-state index in [0.29, 0.717) is 41.9 Å². The lowest BCUT2D eigenvalue weighted by atomic mass is 9.86. The van der Waals surface area contributed by atoms with E-state index in [-0.39, 0.29) is 5.91 Å². The number of carboxylic acid groups (broad SMARTS) is 1. The largest absolute Gasteiger partial charge is 0.465 e. The van der Waals surface area contributed by atoms with Gasteiger partial charge >= 0.3 is 12.3 Å². The highest BCUT2D eigenvalue weighted by atomic mass is 19.4. The molecule has 0 radical (unpaired) electrons. The SMILES string of the molecule is O=C(O)Nc1cccc(CCN2CCc3cc(NC(=O)C4=C(c5ccc(C(F)(F)F)cc5)CCCC4)ccc3C2)n1. The molecule has 0 spiro atoms. The summed E-state index contributed by atoms with van der Waals surface area (Å²) in [4.78, 5) is 30.8. The molecule has 0 saturated carbocycles. The van der Waals surface area contributed by atoms with Crippen LogP contribution in [0.4, 0.5) is 29.5 Å². The molecule has 2 heterocycles. The summed E-state index contributed by atoms with van der Waals surface area (Å²) < 4.78 is 39.0. The Morgan fingerprint density at radius 1 is 0.927 bits per heavy atom. The van der Waals surface area contributed by atoms with Crippen LogP contribution in [0.5, 0.6) is 0 Å². The molecule has 1 aliphatic heterocycles. The van der Waals surface area contributed by atoms with Crippen molar-refractivity contribution in [2.24, 2.45) is 0 Å². The number of aromatic nitrogens is 1. The van der Waals surface area contributed by atoms with E-state index in [9.17, 15) is 22.8 Å². The number of carbonyl (C=O) groups is 2. The minimum Gasteiger partial charge on any atom is -0.465 e. The number of hydrogen-bond acceptors (Lipinski definition) is 4. The topological polar surface area (TPSA) is 94.6 Å². The molecule has 0 fully saturated rings. The molecule has 0 unspecified atom stereocenters. The van der Waals surface area contributed by atoms with Crippen LogP contribution in [0.15, 0.2) is 66.2 Å². The zero-order valence-electron chi connectivity index (χ0n) is 22.4. The molecular formula is C31H31F3N4O3. The lowest BCUT2D eigenvalue weighted by molar-refractivity contribution is -0.137. The fourth-order valence-corrected chi connectivity index (χ4v) is 5.49. The molecule has 2 aliphatic rings. The number of halogens is 3. The van der Waals surface area contributed by atoms with Gasteiger partial charge in [-0.3, -0.25) is 15.0 Å². The summed E-state index contributed by atoms with van der Waals surface area (Å²) in [5.74, 6) is 0.105. The summed E-state index contributed by atoms with van der Waals surface area (Å²) >= 11 is 0. The summed E-state index contributed by atoms with van der Waals surface area (Å²) in [6.45, 7) is 2.39. The first-order chi connectivity index (χ1) is 19.7. The smallest absolute Gasteiger partial charge is 0.416 e. The van der Waals surface area contributed by atoms with Gasteiger partial charge in [0.15, 0.2) is 0 Å². The quantitative estimate of drug-likeness (QED) is 0.295. The lowest BCUT2D eigenvalue weighted by Gasteiger charge is -2.29. The Hall–Kier alpha value is -4.18. The molecular weight excluding hydrogens is 533 g/mol. The van der Waals surface area contributed by atoms with E-state index in [1.807, 2.05) is 24.3 Å². The summed E-state index contributed by atoms with van der Waals surface area (Å²) in [5, 5.41) is 14.2. The summed E-state index contributed by atoms with van der Waals surface area (Å²) in [5.41, 5.74) is 5.29. The van der Waals surface area contributed by atoms with Crippen LogP contribution in [0.3, 0.4) is 0 Å². The number of amides is 2. The van der Waals surface area contributed by atoms with Crippen molar-refractivity contribution >= 4 is 29.1 Å². The molecule has 0 saturated heterocycles. The second-order valence-electron chi connectivity index (χ2n) is 10.4. The van der Waals surface area contributed by atoms with E-state index in [0.717, 1.165) is 62.3 Å². The van der Waals surface area contributed by atoms with Crippen molar-refractivity contribution in [3.63, 3.8) is 0 Å². The zero-order chi connectivity index (χ0) is 29.0. The molecule has 0 bridgehead atoms. The van der Waals surface area contributed by atoms with Crippen LogP contribution in [0.25, 0.3) is 5.57 Å². The number of alkyl halides is 3. The molecule has 3 aromatic rings. The number of anilines is 2. The van der Waals surface area contributed by atoms with Crippen molar-refractivity contribution in [1.29, 1.82) is 0 Å². The van der Waals surface area contributed by atoms with Gasteiger partial charge in [0.25, 0.3) is 5.91 Å². The Bertz CT molecular complexity index is 1470. The number of allylic oxidation sites excluding steroid dienone is 1. The number of fused-ring (bicyclic) bond motifs is 1. The van der Waals surface area contributed by atoms with Crippen molar-refractivity contribution in [2.45, 2.75) is 51.2 Å². The van der Waals surface area contributed by atoms with Gasteiger partial charge in [-0.2, -0.15) is 13.2 Å². The number of rotatable bonds is 7. The van der Waals surface area contributed by atoms with Crippen LogP contribution in [0, 0.1) is 0 Å². The second kappa shape index (κ2) is 12.1. The minimum absolute atomic E-state index is 0.205. The maximum absolute atomic E-state index is 13.3. The fraction of sp³-hybridized carbons (Fsp3) is 0.323. The average molecular weight is 565 g/mol. The third-order valence-electron chi connectivity index (χ3n) is 7.58. The fourth-order valence-electron chi connectivity index (χ4n) is 5.49. The first-order valence-electron chi connectivity index (χ1n) is 13.7. The van der Waals surface area contributed by atoms with Crippen molar-refractivity contribution in [3.8, 4) is 0 Å². The number of hydrogen-bond donors (Lipinski definition) is 3. The van der Waals surface area contributed by atoms with Crippen molar-refractivity contribution in [2.75, 3.05) is 23.7 Å². The van der Waals surface area contributed by atoms with E-state index >= 15 is 0 Å². The maximum Gasteiger partial charge on any atom is 0.416 e. The van der Waals surface area contributed by atoms with E-state index in [1.54, 1.807) is 12.1 Å². The van der Waals surface area contributed by atoms with Gasteiger partial charge in [0.05, 0.1) is 5.56 Å². The van der Waals surface area contributed by atoms with Gasteiger partial charge in [-0.25, -0.2) is 9.78 Å². The second-order valence-corrected chi connectivity index (χ2v) is 10.4. The van der Waals surface area contributed by atoms with Gasteiger partial charge in [-0.15, -0.1) is 0 Å². The van der Waals surface area contributed by atoms with E-state index in [4.69, 9.17) is 5.11 Å². The van der Waals surface area contributed by atoms with Gasteiger partial charge in [-0.1, -0.05) is 24.3 Å². The molecule has 2 aromatic carbocycles. The maximum atomic E-state index is 13.3.